The molecule has 2 aromatic rings. The van der Waals surface area contributed by atoms with E-state index in [-0.39, 0.29) is 0 Å². The Kier molecular flexibility index (Phi) is 8.66. The zero-order valence-electron chi connectivity index (χ0n) is 17.2. The first-order chi connectivity index (χ1) is 14.8. The molecule has 154 valence electrons. The summed E-state index contributed by atoms with van der Waals surface area (Å²) < 4.78 is 11.4. The molecule has 0 N–H and O–H groups in total. The first-order valence-electron chi connectivity index (χ1n) is 10.5. The summed E-state index contributed by atoms with van der Waals surface area (Å²) in [5, 5.41) is 16.9. The first kappa shape index (κ1) is 21.8. The fraction of sp³-hybridized carbons (Fsp3) is 0.385. The van der Waals surface area contributed by atoms with E-state index in [0.717, 1.165) is 25.7 Å². The molecule has 2 aromatic carbocycles. The molecule has 2 aliphatic rings. The molecule has 0 aromatic heterocycles. The minimum Gasteiger partial charge on any atom is -0.374 e. The van der Waals surface area contributed by atoms with E-state index in [1.54, 1.807) is 6.08 Å². The molecule has 4 nitrogen and oxygen atoms in total. The van der Waals surface area contributed by atoms with E-state index in [0.29, 0.717) is 37.8 Å². The van der Waals surface area contributed by atoms with Crippen molar-refractivity contribution < 1.29 is 9.47 Å². The maximum Gasteiger partial charge on any atom is 0.0911 e. The Hall–Kier alpha value is -2.92. The van der Waals surface area contributed by atoms with Crippen molar-refractivity contribution in [2.45, 2.75) is 57.5 Å². The van der Waals surface area contributed by atoms with Crippen molar-refractivity contribution >= 4 is 0 Å². The summed E-state index contributed by atoms with van der Waals surface area (Å²) >= 11 is 0. The van der Waals surface area contributed by atoms with Gasteiger partial charge in [0, 0.05) is 12.5 Å². The van der Waals surface area contributed by atoms with Gasteiger partial charge in [0.2, 0.25) is 0 Å². The Labute approximate surface area is 179 Å². The van der Waals surface area contributed by atoms with Gasteiger partial charge in [0.1, 0.15) is 0 Å². The summed E-state index contributed by atoms with van der Waals surface area (Å²) in [6.45, 7) is 1.37. The number of allylic oxidation sites excluding steroid dienone is 1. The molecule has 2 aliphatic carbocycles. The van der Waals surface area contributed by atoms with E-state index in [1.807, 2.05) is 42.5 Å². The highest BCUT2D eigenvalue weighted by Gasteiger charge is 2.29. The number of rotatable bonds is 7. The van der Waals surface area contributed by atoms with Crippen LogP contribution in [0.5, 0.6) is 0 Å². The van der Waals surface area contributed by atoms with Gasteiger partial charge in [-0.05, 0) is 42.7 Å². The van der Waals surface area contributed by atoms with Gasteiger partial charge in [-0.2, -0.15) is 10.5 Å². The first-order valence-corrected chi connectivity index (χ1v) is 10.5. The van der Waals surface area contributed by atoms with Crippen molar-refractivity contribution in [1.82, 2.24) is 0 Å². The molecule has 0 unspecified atom stereocenters. The topological polar surface area (TPSA) is 66.0 Å². The van der Waals surface area contributed by atoms with Crippen LogP contribution in [0.4, 0.5) is 0 Å². The van der Waals surface area contributed by atoms with Crippen molar-refractivity contribution in [2.75, 3.05) is 0 Å². The molecule has 0 heterocycles. The predicted octanol–water partition coefficient (Wildman–Crippen LogP) is 5.71. The fourth-order valence-corrected chi connectivity index (χ4v) is 3.54. The van der Waals surface area contributed by atoms with E-state index in [2.05, 4.69) is 30.3 Å². The Balaban J connectivity index is 0.000000171. The second-order valence-corrected chi connectivity index (χ2v) is 7.88. The molecule has 30 heavy (non-hydrogen) atoms. The quantitative estimate of drug-likeness (QED) is 0.558. The second-order valence-electron chi connectivity index (χ2n) is 7.88. The smallest absolute Gasteiger partial charge is 0.0911 e. The number of hydrogen-bond acceptors (Lipinski definition) is 4. The van der Waals surface area contributed by atoms with Crippen LogP contribution in [0.1, 0.15) is 43.2 Å². The average molecular weight is 401 g/mol. The number of hydrogen-bond donors (Lipinski definition) is 0. The molecule has 0 atom stereocenters. The lowest BCUT2D eigenvalue weighted by Gasteiger charge is -2.33. The van der Waals surface area contributed by atoms with E-state index < -0.39 is 0 Å². The molecule has 2 fully saturated rings. The van der Waals surface area contributed by atoms with Gasteiger partial charge in [-0.3, -0.25) is 0 Å². The minimum atomic E-state index is 0.310. The summed E-state index contributed by atoms with van der Waals surface area (Å²) in [4.78, 5) is 0. The van der Waals surface area contributed by atoms with E-state index >= 15 is 0 Å². The molecule has 4 heteroatoms. The lowest BCUT2D eigenvalue weighted by Crippen LogP contribution is -2.30. The Bertz CT molecular complexity index is 867. The lowest BCUT2D eigenvalue weighted by atomic mass is 9.80. The van der Waals surface area contributed by atoms with Crippen LogP contribution in [0.2, 0.25) is 0 Å². The van der Waals surface area contributed by atoms with Crippen LogP contribution in [0, 0.1) is 28.6 Å². The van der Waals surface area contributed by atoms with Gasteiger partial charge >= 0.3 is 0 Å². The minimum absolute atomic E-state index is 0.310. The number of nitrogens with zero attached hydrogens (tertiary/aromatic N) is 2. The third-order valence-electron chi connectivity index (χ3n) is 5.48. The molecule has 0 aliphatic heterocycles. The predicted molar refractivity (Wildman–Crippen MR) is 116 cm³/mol. The van der Waals surface area contributed by atoms with Gasteiger partial charge in [-0.1, -0.05) is 66.2 Å². The fourth-order valence-electron chi connectivity index (χ4n) is 3.54. The highest BCUT2D eigenvalue weighted by atomic mass is 16.5. The Morgan fingerprint density at radius 1 is 0.800 bits per heavy atom. The summed E-state index contributed by atoms with van der Waals surface area (Å²) in [6, 6.07) is 24.6. The third-order valence-corrected chi connectivity index (χ3v) is 5.48. The molecule has 0 bridgehead atoms. The van der Waals surface area contributed by atoms with Gasteiger partial charge in [-0.25, -0.2) is 0 Å². The summed E-state index contributed by atoms with van der Waals surface area (Å²) in [5.41, 5.74) is 3.63. The molecule has 0 spiro atoms. The molecule has 4 rings (SSSR count). The average Bonchev–Trinajstić information content (AvgIpc) is 2.73. The number of nitriles is 2. The highest BCUT2D eigenvalue weighted by Crippen LogP contribution is 2.32. The zero-order chi connectivity index (χ0) is 21.0. The van der Waals surface area contributed by atoms with Gasteiger partial charge in [0.25, 0.3) is 0 Å². The van der Waals surface area contributed by atoms with Gasteiger partial charge in [-0.15, -0.1) is 0 Å². The van der Waals surface area contributed by atoms with Crippen LogP contribution in [0.15, 0.2) is 72.3 Å². The Morgan fingerprint density at radius 2 is 1.33 bits per heavy atom. The van der Waals surface area contributed by atoms with Crippen LogP contribution in [0.25, 0.3) is 0 Å². The molecule has 0 amide bonds. The lowest BCUT2D eigenvalue weighted by molar-refractivity contribution is -0.0387. The Morgan fingerprint density at radius 3 is 1.83 bits per heavy atom. The molecular formula is C26H28N2O2. The van der Waals surface area contributed by atoms with Gasteiger partial charge in [0.15, 0.2) is 0 Å². The van der Waals surface area contributed by atoms with Gasteiger partial charge in [0.05, 0.1) is 37.6 Å². The van der Waals surface area contributed by atoms with Crippen LogP contribution in [0.3, 0.4) is 0 Å². The zero-order valence-corrected chi connectivity index (χ0v) is 17.2. The van der Waals surface area contributed by atoms with Crippen LogP contribution < -0.4 is 0 Å². The molecule has 2 saturated carbocycles. The van der Waals surface area contributed by atoms with Crippen LogP contribution in [-0.4, -0.2) is 12.2 Å². The third kappa shape index (κ3) is 7.16. The largest absolute Gasteiger partial charge is 0.374 e. The molecular weight excluding hydrogens is 372 g/mol. The SMILES string of the molecule is N#CC=C1CC(OCc2ccccc2)C1.N#CCC1CC(OCc2ccccc2)C1. The summed E-state index contributed by atoms with van der Waals surface area (Å²) in [5.74, 6) is 0.579. The van der Waals surface area contributed by atoms with Crippen molar-refractivity contribution in [3.05, 3.63) is 83.4 Å². The second kappa shape index (κ2) is 11.9. The van der Waals surface area contributed by atoms with Crippen LogP contribution >= 0.6 is 0 Å². The van der Waals surface area contributed by atoms with Crippen molar-refractivity contribution in [1.29, 1.82) is 10.5 Å². The highest BCUT2D eigenvalue weighted by molar-refractivity contribution is 5.21. The van der Waals surface area contributed by atoms with Crippen molar-refractivity contribution in [3.63, 3.8) is 0 Å². The number of benzene rings is 2. The maximum absolute atomic E-state index is 8.51. The monoisotopic (exact) mass is 400 g/mol. The van der Waals surface area contributed by atoms with E-state index in [1.165, 1.54) is 16.7 Å². The van der Waals surface area contributed by atoms with E-state index in [4.69, 9.17) is 20.0 Å². The number of ether oxygens (including phenoxy) is 2. The standard InChI is InChI=1S/C13H15NO.C13H13NO/c2*14-7-6-12-8-13(9-12)15-10-11-4-2-1-3-5-11/h1-5,12-13H,6,8-10H2;1-6,13H,8-10H2. The maximum atomic E-state index is 8.51. The van der Waals surface area contributed by atoms with Gasteiger partial charge < -0.3 is 9.47 Å². The molecule has 0 radical (unpaired) electrons. The van der Waals surface area contributed by atoms with Crippen molar-refractivity contribution in [2.24, 2.45) is 5.92 Å². The summed E-state index contributed by atoms with van der Waals surface area (Å²) in [7, 11) is 0. The molecule has 0 saturated heterocycles. The van der Waals surface area contributed by atoms with Crippen LogP contribution in [-0.2, 0) is 22.7 Å². The van der Waals surface area contributed by atoms with E-state index in [9.17, 15) is 0 Å². The van der Waals surface area contributed by atoms with Crippen molar-refractivity contribution in [3.8, 4) is 12.1 Å². The normalized spacial score (nSPS) is 21.7. The summed E-state index contributed by atoms with van der Waals surface area (Å²) in [6.07, 6.45) is 6.95.